The highest BCUT2D eigenvalue weighted by Gasteiger charge is 2.39. The van der Waals surface area contributed by atoms with Crippen LogP contribution in [0.1, 0.15) is 19.0 Å². The molecule has 4 heteroatoms. The summed E-state index contributed by atoms with van der Waals surface area (Å²) in [5.41, 5.74) is 0.958. The van der Waals surface area contributed by atoms with Crippen LogP contribution in [0.5, 0.6) is 0 Å². The molecule has 2 rings (SSSR count). The van der Waals surface area contributed by atoms with E-state index in [0.29, 0.717) is 11.7 Å². The van der Waals surface area contributed by atoms with Crippen molar-refractivity contribution >= 4 is 11.7 Å². The third-order valence-corrected chi connectivity index (χ3v) is 2.40. The highest BCUT2D eigenvalue weighted by Crippen LogP contribution is 2.38. The molecule has 1 aromatic heterocycles. The maximum absolute atomic E-state index is 11.4. The molecule has 0 aromatic carbocycles. The van der Waals surface area contributed by atoms with Gasteiger partial charge < -0.3 is 5.32 Å². The Morgan fingerprint density at radius 1 is 1.77 bits per heavy atom. The molecule has 0 unspecified atom stereocenters. The first kappa shape index (κ1) is 8.29. The summed E-state index contributed by atoms with van der Waals surface area (Å²) in [7, 11) is 0. The fraction of sp³-hybridized carbons (Fsp3) is 0.556. The van der Waals surface area contributed by atoms with Gasteiger partial charge in [0.25, 0.3) is 0 Å². The number of carbonyl (C=O) groups is 1. The summed E-state index contributed by atoms with van der Waals surface area (Å²) in [6.07, 6.45) is 1.01. The molecule has 2 atom stereocenters. The molecule has 70 valence electrons. The van der Waals surface area contributed by atoms with E-state index in [1.807, 2.05) is 13.0 Å². The summed E-state index contributed by atoms with van der Waals surface area (Å²) in [6, 6.07) is 1.82. The van der Waals surface area contributed by atoms with Gasteiger partial charge in [-0.05, 0) is 19.3 Å². The van der Waals surface area contributed by atoms with Crippen molar-refractivity contribution in [3.8, 4) is 0 Å². The van der Waals surface area contributed by atoms with Crippen LogP contribution in [0.3, 0.4) is 0 Å². The van der Waals surface area contributed by atoms with Crippen molar-refractivity contribution in [2.24, 2.45) is 11.8 Å². The van der Waals surface area contributed by atoms with E-state index in [0.717, 1.165) is 12.1 Å². The van der Waals surface area contributed by atoms with E-state index >= 15 is 0 Å². The van der Waals surface area contributed by atoms with Crippen molar-refractivity contribution in [1.29, 1.82) is 0 Å². The Morgan fingerprint density at radius 2 is 2.46 bits per heavy atom. The standard InChI is InChI=1S/C9H13N3O/c1-5-3-7(5)9(13)10-8-4-6(2)11-12-8/h4-5,7H,3H2,1-2H3,(H2,10,11,12,13)/t5-,7-/m1/s1. The van der Waals surface area contributed by atoms with Crippen LogP contribution >= 0.6 is 0 Å². The zero-order valence-electron chi connectivity index (χ0n) is 7.79. The monoisotopic (exact) mass is 179 g/mol. The van der Waals surface area contributed by atoms with Crippen LogP contribution in [-0.4, -0.2) is 16.1 Å². The molecule has 13 heavy (non-hydrogen) atoms. The second kappa shape index (κ2) is 2.87. The van der Waals surface area contributed by atoms with Crippen LogP contribution in [0.15, 0.2) is 6.07 Å². The van der Waals surface area contributed by atoms with Crippen LogP contribution in [0.2, 0.25) is 0 Å². The topological polar surface area (TPSA) is 57.8 Å². The molecule has 0 aliphatic heterocycles. The minimum Gasteiger partial charge on any atom is -0.309 e. The van der Waals surface area contributed by atoms with Crippen LogP contribution in [0.4, 0.5) is 5.82 Å². The van der Waals surface area contributed by atoms with Crippen LogP contribution < -0.4 is 5.32 Å². The molecule has 0 saturated heterocycles. The average Bonchev–Trinajstić information content (AvgIpc) is 2.66. The molecule has 1 fully saturated rings. The molecular weight excluding hydrogens is 166 g/mol. The average molecular weight is 179 g/mol. The zero-order valence-corrected chi connectivity index (χ0v) is 7.79. The maximum Gasteiger partial charge on any atom is 0.228 e. The number of anilines is 1. The summed E-state index contributed by atoms with van der Waals surface area (Å²) in [5.74, 6) is 1.47. The molecule has 4 nitrogen and oxygen atoms in total. The number of H-pyrrole nitrogens is 1. The Balaban J connectivity index is 1.95. The van der Waals surface area contributed by atoms with Gasteiger partial charge in [0.15, 0.2) is 5.82 Å². The summed E-state index contributed by atoms with van der Waals surface area (Å²) >= 11 is 0. The summed E-state index contributed by atoms with van der Waals surface area (Å²) in [6.45, 7) is 3.99. The molecule has 0 radical (unpaired) electrons. The molecule has 1 aromatic rings. The number of carbonyl (C=O) groups excluding carboxylic acids is 1. The predicted molar refractivity (Wildman–Crippen MR) is 49.2 cm³/mol. The Hall–Kier alpha value is -1.32. The smallest absolute Gasteiger partial charge is 0.228 e. The molecular formula is C9H13N3O. The first-order valence-electron chi connectivity index (χ1n) is 4.49. The molecule has 1 heterocycles. The van der Waals surface area contributed by atoms with Gasteiger partial charge in [0.1, 0.15) is 0 Å². The number of rotatable bonds is 2. The number of nitrogens with zero attached hydrogens (tertiary/aromatic N) is 1. The van der Waals surface area contributed by atoms with Gasteiger partial charge in [-0.2, -0.15) is 5.10 Å². The number of hydrogen-bond donors (Lipinski definition) is 2. The van der Waals surface area contributed by atoms with E-state index in [4.69, 9.17) is 0 Å². The lowest BCUT2D eigenvalue weighted by Gasteiger charge is -1.98. The van der Waals surface area contributed by atoms with Gasteiger partial charge in [-0.15, -0.1) is 0 Å². The Morgan fingerprint density at radius 3 is 2.92 bits per heavy atom. The second-order valence-corrected chi connectivity index (χ2v) is 3.74. The van der Waals surface area contributed by atoms with Crippen molar-refractivity contribution < 1.29 is 4.79 Å². The number of aryl methyl sites for hydroxylation is 1. The van der Waals surface area contributed by atoms with Crippen LogP contribution in [0, 0.1) is 18.8 Å². The first-order chi connectivity index (χ1) is 6.16. The van der Waals surface area contributed by atoms with Crippen LogP contribution in [-0.2, 0) is 4.79 Å². The first-order valence-corrected chi connectivity index (χ1v) is 4.49. The maximum atomic E-state index is 11.4. The quantitative estimate of drug-likeness (QED) is 0.719. The molecule has 0 spiro atoms. The van der Waals surface area contributed by atoms with Gasteiger partial charge in [-0.1, -0.05) is 6.92 Å². The van der Waals surface area contributed by atoms with Crippen molar-refractivity contribution in [3.63, 3.8) is 0 Å². The van der Waals surface area contributed by atoms with Gasteiger partial charge in [-0.25, -0.2) is 0 Å². The Labute approximate surface area is 76.7 Å². The minimum atomic E-state index is 0.0963. The van der Waals surface area contributed by atoms with E-state index in [2.05, 4.69) is 22.4 Å². The van der Waals surface area contributed by atoms with Gasteiger partial charge in [0, 0.05) is 17.7 Å². The fourth-order valence-electron chi connectivity index (χ4n) is 1.39. The molecule has 0 bridgehead atoms. The largest absolute Gasteiger partial charge is 0.309 e. The van der Waals surface area contributed by atoms with Gasteiger partial charge in [-0.3, -0.25) is 9.89 Å². The molecule has 1 amide bonds. The van der Waals surface area contributed by atoms with Gasteiger partial charge in [0.2, 0.25) is 5.91 Å². The zero-order chi connectivity index (χ0) is 9.42. The molecule has 1 saturated carbocycles. The van der Waals surface area contributed by atoms with Crippen molar-refractivity contribution in [2.45, 2.75) is 20.3 Å². The molecule has 1 aliphatic rings. The summed E-state index contributed by atoms with van der Waals surface area (Å²) < 4.78 is 0. The van der Waals surface area contributed by atoms with Gasteiger partial charge in [0.05, 0.1) is 0 Å². The third kappa shape index (κ3) is 1.71. The number of aromatic amines is 1. The SMILES string of the molecule is Cc1cc(NC(=O)[C@@H]2C[C@H]2C)n[nH]1. The lowest BCUT2D eigenvalue weighted by Crippen LogP contribution is -2.14. The number of hydrogen-bond acceptors (Lipinski definition) is 2. The number of nitrogens with one attached hydrogen (secondary N) is 2. The van der Waals surface area contributed by atoms with E-state index in [1.54, 1.807) is 0 Å². The van der Waals surface area contributed by atoms with Crippen molar-refractivity contribution in [3.05, 3.63) is 11.8 Å². The lowest BCUT2D eigenvalue weighted by atomic mass is 10.3. The normalized spacial score (nSPS) is 25.7. The number of amides is 1. The van der Waals surface area contributed by atoms with Crippen molar-refractivity contribution in [1.82, 2.24) is 10.2 Å². The van der Waals surface area contributed by atoms with Crippen LogP contribution in [0.25, 0.3) is 0 Å². The fourth-order valence-corrected chi connectivity index (χ4v) is 1.39. The van der Waals surface area contributed by atoms with E-state index in [9.17, 15) is 4.79 Å². The van der Waals surface area contributed by atoms with E-state index in [-0.39, 0.29) is 11.8 Å². The minimum absolute atomic E-state index is 0.0963. The highest BCUT2D eigenvalue weighted by atomic mass is 16.2. The van der Waals surface area contributed by atoms with Gasteiger partial charge >= 0.3 is 0 Å². The third-order valence-electron chi connectivity index (χ3n) is 2.40. The Bertz CT molecular complexity index is 331. The van der Waals surface area contributed by atoms with E-state index < -0.39 is 0 Å². The number of aromatic nitrogens is 2. The summed E-state index contributed by atoms with van der Waals surface area (Å²) in [5, 5.41) is 9.49. The second-order valence-electron chi connectivity index (χ2n) is 3.74. The highest BCUT2D eigenvalue weighted by molar-refractivity contribution is 5.93. The predicted octanol–water partition coefficient (Wildman–Crippen LogP) is 1.31. The summed E-state index contributed by atoms with van der Waals surface area (Å²) in [4.78, 5) is 11.4. The molecule has 2 N–H and O–H groups in total. The molecule has 1 aliphatic carbocycles. The Kier molecular flexibility index (Phi) is 1.83. The lowest BCUT2D eigenvalue weighted by molar-refractivity contribution is -0.117. The van der Waals surface area contributed by atoms with Crippen molar-refractivity contribution in [2.75, 3.05) is 5.32 Å². The van der Waals surface area contributed by atoms with E-state index in [1.165, 1.54) is 0 Å².